The highest BCUT2D eigenvalue weighted by molar-refractivity contribution is 5.09. The molecule has 0 amide bonds. The van der Waals surface area contributed by atoms with Crippen LogP contribution in [-0.2, 0) is 9.47 Å². The predicted molar refractivity (Wildman–Crippen MR) is 61.8 cm³/mol. The fraction of sp³-hybridized carbons (Fsp3) is 0.833. The first kappa shape index (κ1) is 12.5. The molecule has 0 fully saturated rings. The van der Waals surface area contributed by atoms with Crippen molar-refractivity contribution in [3.05, 3.63) is 11.8 Å². The zero-order valence-corrected chi connectivity index (χ0v) is 9.92. The van der Waals surface area contributed by atoms with E-state index in [2.05, 4.69) is 12.2 Å². The Morgan fingerprint density at radius 2 is 2.40 bits per heavy atom. The lowest BCUT2D eigenvalue weighted by Crippen LogP contribution is -2.30. The van der Waals surface area contributed by atoms with Crippen LogP contribution in [0.4, 0.5) is 0 Å². The van der Waals surface area contributed by atoms with Crippen molar-refractivity contribution >= 4 is 0 Å². The number of rotatable bonds is 7. The van der Waals surface area contributed by atoms with Crippen LogP contribution in [0.25, 0.3) is 0 Å². The Bertz CT molecular complexity index is 192. The maximum atomic E-state index is 5.50. The van der Waals surface area contributed by atoms with Gasteiger partial charge < -0.3 is 14.8 Å². The monoisotopic (exact) mass is 213 g/mol. The lowest BCUT2D eigenvalue weighted by atomic mass is 10.00. The molecule has 0 aromatic heterocycles. The van der Waals surface area contributed by atoms with E-state index in [1.54, 1.807) is 0 Å². The molecule has 1 N–H and O–H groups in total. The molecule has 1 heterocycles. The minimum atomic E-state index is 0.419. The summed E-state index contributed by atoms with van der Waals surface area (Å²) in [5.74, 6) is 0. The summed E-state index contributed by atoms with van der Waals surface area (Å²) in [5.41, 5.74) is 1.38. The van der Waals surface area contributed by atoms with E-state index >= 15 is 0 Å². The largest absolute Gasteiger partial charge is 0.501 e. The van der Waals surface area contributed by atoms with Gasteiger partial charge in [-0.3, -0.25) is 0 Å². The van der Waals surface area contributed by atoms with E-state index in [-0.39, 0.29) is 0 Å². The van der Waals surface area contributed by atoms with E-state index in [9.17, 15) is 0 Å². The molecule has 0 saturated heterocycles. The molecule has 1 aliphatic rings. The van der Waals surface area contributed by atoms with Gasteiger partial charge in [-0.05, 0) is 38.3 Å². The molecule has 3 heteroatoms. The Morgan fingerprint density at radius 1 is 1.53 bits per heavy atom. The Balaban J connectivity index is 2.25. The summed E-state index contributed by atoms with van der Waals surface area (Å²) >= 11 is 0. The van der Waals surface area contributed by atoms with Gasteiger partial charge in [0.05, 0.1) is 12.9 Å². The first-order valence-electron chi connectivity index (χ1n) is 5.94. The van der Waals surface area contributed by atoms with Crippen LogP contribution in [0.15, 0.2) is 11.8 Å². The Labute approximate surface area is 92.8 Å². The van der Waals surface area contributed by atoms with Gasteiger partial charge in [0.2, 0.25) is 0 Å². The van der Waals surface area contributed by atoms with Gasteiger partial charge in [-0.2, -0.15) is 0 Å². The van der Waals surface area contributed by atoms with Gasteiger partial charge in [0.1, 0.15) is 0 Å². The van der Waals surface area contributed by atoms with Crippen LogP contribution >= 0.6 is 0 Å². The van der Waals surface area contributed by atoms with E-state index < -0.39 is 0 Å². The number of ether oxygens (including phenoxy) is 2. The molecule has 1 unspecified atom stereocenters. The molecule has 0 radical (unpaired) electrons. The van der Waals surface area contributed by atoms with Gasteiger partial charge in [0, 0.05) is 19.3 Å². The predicted octanol–water partition coefficient (Wildman–Crippen LogP) is 2.09. The third-order valence-electron chi connectivity index (χ3n) is 2.66. The van der Waals surface area contributed by atoms with Crippen molar-refractivity contribution in [2.24, 2.45) is 0 Å². The average molecular weight is 213 g/mol. The highest BCUT2D eigenvalue weighted by Gasteiger charge is 2.14. The van der Waals surface area contributed by atoms with Crippen molar-refractivity contribution < 1.29 is 9.47 Å². The minimum absolute atomic E-state index is 0.419. The molecule has 0 aromatic rings. The Kier molecular flexibility index (Phi) is 6.44. The fourth-order valence-corrected chi connectivity index (χ4v) is 1.80. The van der Waals surface area contributed by atoms with E-state index in [1.807, 2.05) is 13.3 Å². The van der Waals surface area contributed by atoms with Crippen LogP contribution in [0, 0.1) is 0 Å². The summed E-state index contributed by atoms with van der Waals surface area (Å²) in [5, 5.41) is 3.32. The summed E-state index contributed by atoms with van der Waals surface area (Å²) in [6.45, 7) is 4.70. The molecular formula is C12H23NO2. The second-order valence-electron chi connectivity index (χ2n) is 3.91. The first-order valence-corrected chi connectivity index (χ1v) is 5.94. The smallest absolute Gasteiger partial charge is 0.0876 e. The average Bonchev–Trinajstić information content (AvgIpc) is 2.30. The first-order chi connectivity index (χ1) is 7.38. The SMILES string of the molecule is CCCOCCC(NC)C1=COCCC1. The highest BCUT2D eigenvalue weighted by atomic mass is 16.5. The maximum absolute atomic E-state index is 5.50. The standard InChI is InChI=1S/C12H23NO2/c1-3-7-14-9-6-12(13-2)11-5-4-8-15-10-11/h10,12-13H,3-9H2,1-2H3. The molecular weight excluding hydrogens is 190 g/mol. The zero-order valence-electron chi connectivity index (χ0n) is 9.92. The summed E-state index contributed by atoms with van der Waals surface area (Å²) in [6.07, 6.45) is 6.34. The topological polar surface area (TPSA) is 30.5 Å². The quantitative estimate of drug-likeness (QED) is 0.657. The van der Waals surface area contributed by atoms with Gasteiger partial charge in [-0.25, -0.2) is 0 Å². The third kappa shape index (κ3) is 4.67. The molecule has 3 nitrogen and oxygen atoms in total. The number of hydrogen-bond donors (Lipinski definition) is 1. The van der Waals surface area contributed by atoms with Crippen LogP contribution in [0.2, 0.25) is 0 Å². The van der Waals surface area contributed by atoms with Crippen LogP contribution in [-0.4, -0.2) is 32.9 Å². The Morgan fingerprint density at radius 3 is 3.00 bits per heavy atom. The molecule has 0 aromatic carbocycles. The van der Waals surface area contributed by atoms with Crippen molar-refractivity contribution in [2.45, 2.75) is 38.6 Å². The molecule has 0 spiro atoms. The number of nitrogens with one attached hydrogen (secondary N) is 1. The molecule has 1 rings (SSSR count). The van der Waals surface area contributed by atoms with E-state index in [1.165, 1.54) is 5.57 Å². The second-order valence-corrected chi connectivity index (χ2v) is 3.91. The molecule has 1 aliphatic heterocycles. The normalized spacial score (nSPS) is 18.1. The number of hydrogen-bond acceptors (Lipinski definition) is 3. The van der Waals surface area contributed by atoms with Gasteiger partial charge in [-0.15, -0.1) is 0 Å². The van der Waals surface area contributed by atoms with Crippen molar-refractivity contribution in [3.8, 4) is 0 Å². The van der Waals surface area contributed by atoms with Gasteiger partial charge in [-0.1, -0.05) is 6.92 Å². The lowest BCUT2D eigenvalue weighted by molar-refractivity contribution is 0.126. The summed E-state index contributed by atoms with van der Waals surface area (Å²) in [4.78, 5) is 0. The second kappa shape index (κ2) is 7.71. The van der Waals surface area contributed by atoms with Crippen molar-refractivity contribution in [1.82, 2.24) is 5.32 Å². The molecule has 15 heavy (non-hydrogen) atoms. The van der Waals surface area contributed by atoms with Gasteiger partial charge >= 0.3 is 0 Å². The summed E-state index contributed by atoms with van der Waals surface area (Å²) < 4.78 is 10.8. The van der Waals surface area contributed by atoms with E-state index in [4.69, 9.17) is 9.47 Å². The van der Waals surface area contributed by atoms with Crippen molar-refractivity contribution in [3.63, 3.8) is 0 Å². The van der Waals surface area contributed by atoms with Gasteiger partial charge in [0.15, 0.2) is 0 Å². The highest BCUT2D eigenvalue weighted by Crippen LogP contribution is 2.17. The van der Waals surface area contributed by atoms with Gasteiger partial charge in [0.25, 0.3) is 0 Å². The number of likely N-dealkylation sites (N-methyl/N-ethyl adjacent to an activating group) is 1. The summed E-state index contributed by atoms with van der Waals surface area (Å²) in [7, 11) is 2.00. The molecule has 88 valence electrons. The molecule has 0 aliphatic carbocycles. The molecule has 0 bridgehead atoms. The minimum Gasteiger partial charge on any atom is -0.501 e. The van der Waals surface area contributed by atoms with Crippen LogP contribution < -0.4 is 5.32 Å². The zero-order chi connectivity index (χ0) is 10.9. The van der Waals surface area contributed by atoms with E-state index in [0.717, 1.165) is 45.5 Å². The third-order valence-corrected chi connectivity index (χ3v) is 2.66. The van der Waals surface area contributed by atoms with Crippen LogP contribution in [0.3, 0.4) is 0 Å². The fourth-order valence-electron chi connectivity index (χ4n) is 1.80. The van der Waals surface area contributed by atoms with E-state index in [0.29, 0.717) is 6.04 Å². The van der Waals surface area contributed by atoms with Crippen LogP contribution in [0.5, 0.6) is 0 Å². The van der Waals surface area contributed by atoms with Crippen molar-refractivity contribution in [2.75, 3.05) is 26.9 Å². The lowest BCUT2D eigenvalue weighted by Gasteiger charge is -2.22. The summed E-state index contributed by atoms with van der Waals surface area (Å²) in [6, 6.07) is 0.419. The molecule has 0 saturated carbocycles. The van der Waals surface area contributed by atoms with Crippen LogP contribution in [0.1, 0.15) is 32.6 Å². The Hall–Kier alpha value is -0.540. The van der Waals surface area contributed by atoms with Crippen molar-refractivity contribution in [1.29, 1.82) is 0 Å². The maximum Gasteiger partial charge on any atom is 0.0876 e. The molecule has 1 atom stereocenters.